The molecule has 78 valence electrons. The Kier molecular flexibility index (Phi) is 5.61. The number of aliphatic hydroxyl groups excluding tert-OH is 3. The van der Waals surface area contributed by atoms with E-state index in [-0.39, 0.29) is 13.0 Å². The van der Waals surface area contributed by atoms with Crippen molar-refractivity contribution >= 4 is 5.97 Å². The number of ether oxygens (including phenoxy) is 1. The van der Waals surface area contributed by atoms with Gasteiger partial charge >= 0.3 is 5.97 Å². The lowest BCUT2D eigenvalue weighted by Crippen LogP contribution is -2.37. The Balaban J connectivity index is 3.93. The molecule has 13 heavy (non-hydrogen) atoms. The van der Waals surface area contributed by atoms with E-state index in [2.05, 4.69) is 4.74 Å². The average Bonchev–Trinajstić information content (AvgIpc) is 2.02. The topological polar surface area (TPSA) is 87.0 Å². The van der Waals surface area contributed by atoms with Gasteiger partial charge in [-0.2, -0.15) is 0 Å². The Morgan fingerprint density at radius 1 is 1.38 bits per heavy atom. The number of rotatable bonds is 5. The summed E-state index contributed by atoms with van der Waals surface area (Å²) in [7, 11) is 0. The van der Waals surface area contributed by atoms with E-state index in [9.17, 15) is 9.90 Å². The average molecular weight is 192 g/mol. The SMILES string of the molecule is CCOC(=O)[C@H](O)[C@@H](O)C[C@H](C)O. The van der Waals surface area contributed by atoms with Crippen LogP contribution in [-0.2, 0) is 9.53 Å². The zero-order valence-electron chi connectivity index (χ0n) is 7.80. The Hall–Kier alpha value is -0.650. The number of carbonyl (C=O) groups is 1. The summed E-state index contributed by atoms with van der Waals surface area (Å²) in [5, 5.41) is 27.2. The van der Waals surface area contributed by atoms with E-state index >= 15 is 0 Å². The molecule has 0 bridgehead atoms. The van der Waals surface area contributed by atoms with Crippen molar-refractivity contribution in [2.45, 2.75) is 38.6 Å². The molecule has 0 rings (SSSR count). The van der Waals surface area contributed by atoms with E-state index in [1.807, 2.05) is 0 Å². The summed E-state index contributed by atoms with van der Waals surface area (Å²) in [6, 6.07) is 0. The lowest BCUT2D eigenvalue weighted by molar-refractivity contribution is -0.160. The zero-order valence-corrected chi connectivity index (χ0v) is 7.80. The van der Waals surface area contributed by atoms with Gasteiger partial charge in [0.2, 0.25) is 0 Å². The molecule has 5 heteroatoms. The summed E-state index contributed by atoms with van der Waals surface area (Å²) in [4.78, 5) is 10.9. The second kappa shape index (κ2) is 5.90. The number of hydrogen-bond acceptors (Lipinski definition) is 5. The first kappa shape index (κ1) is 12.3. The largest absolute Gasteiger partial charge is 0.464 e. The number of hydrogen-bond donors (Lipinski definition) is 3. The molecular formula is C8H16O5. The van der Waals surface area contributed by atoms with E-state index in [4.69, 9.17) is 10.2 Å². The third-order valence-electron chi connectivity index (χ3n) is 1.48. The molecule has 5 nitrogen and oxygen atoms in total. The Morgan fingerprint density at radius 2 is 1.92 bits per heavy atom. The lowest BCUT2D eigenvalue weighted by Gasteiger charge is -2.17. The third-order valence-corrected chi connectivity index (χ3v) is 1.48. The number of aliphatic hydroxyl groups is 3. The first-order chi connectivity index (χ1) is 5.99. The number of carbonyl (C=O) groups excluding carboxylic acids is 1. The van der Waals surface area contributed by atoms with Crippen molar-refractivity contribution in [2.24, 2.45) is 0 Å². The molecule has 0 saturated carbocycles. The highest BCUT2D eigenvalue weighted by molar-refractivity contribution is 5.75. The molecule has 0 heterocycles. The van der Waals surface area contributed by atoms with E-state index < -0.39 is 24.3 Å². The highest BCUT2D eigenvalue weighted by Crippen LogP contribution is 2.04. The van der Waals surface area contributed by atoms with Crippen LogP contribution in [0.1, 0.15) is 20.3 Å². The van der Waals surface area contributed by atoms with Gasteiger partial charge in [0.15, 0.2) is 6.10 Å². The van der Waals surface area contributed by atoms with Crippen LogP contribution < -0.4 is 0 Å². The van der Waals surface area contributed by atoms with Gasteiger partial charge in [-0.25, -0.2) is 4.79 Å². The Labute approximate surface area is 77.0 Å². The van der Waals surface area contributed by atoms with Crippen LogP contribution in [0.2, 0.25) is 0 Å². The minimum atomic E-state index is -1.57. The van der Waals surface area contributed by atoms with Crippen molar-refractivity contribution in [3.63, 3.8) is 0 Å². The molecule has 0 spiro atoms. The molecule has 0 amide bonds. The number of esters is 1. The van der Waals surface area contributed by atoms with Gasteiger partial charge in [0.05, 0.1) is 18.8 Å². The van der Waals surface area contributed by atoms with Gasteiger partial charge < -0.3 is 20.1 Å². The van der Waals surface area contributed by atoms with Crippen LogP contribution in [0.5, 0.6) is 0 Å². The van der Waals surface area contributed by atoms with Gasteiger partial charge in [-0.05, 0) is 13.8 Å². The normalized spacial score (nSPS) is 17.6. The van der Waals surface area contributed by atoms with Gasteiger partial charge in [0.25, 0.3) is 0 Å². The molecule has 0 aliphatic rings. The van der Waals surface area contributed by atoms with Crippen molar-refractivity contribution in [1.29, 1.82) is 0 Å². The molecule has 0 radical (unpaired) electrons. The molecule has 0 aliphatic heterocycles. The van der Waals surface area contributed by atoms with Crippen LogP contribution in [-0.4, -0.2) is 46.2 Å². The third kappa shape index (κ3) is 4.82. The van der Waals surface area contributed by atoms with Crippen LogP contribution >= 0.6 is 0 Å². The molecule has 0 aromatic carbocycles. The van der Waals surface area contributed by atoms with Gasteiger partial charge in [-0.3, -0.25) is 0 Å². The molecule has 0 aliphatic carbocycles. The first-order valence-corrected chi connectivity index (χ1v) is 4.19. The molecule has 3 atom stereocenters. The van der Waals surface area contributed by atoms with Crippen LogP contribution in [0, 0.1) is 0 Å². The van der Waals surface area contributed by atoms with Gasteiger partial charge in [0, 0.05) is 6.42 Å². The molecule has 3 N–H and O–H groups in total. The summed E-state index contributed by atoms with van der Waals surface area (Å²) >= 11 is 0. The summed E-state index contributed by atoms with van der Waals surface area (Å²) < 4.78 is 4.48. The van der Waals surface area contributed by atoms with Crippen molar-refractivity contribution in [1.82, 2.24) is 0 Å². The second-order valence-corrected chi connectivity index (χ2v) is 2.85. The predicted octanol–water partition coefficient (Wildman–Crippen LogP) is -0.958. The zero-order chi connectivity index (χ0) is 10.4. The highest BCUT2D eigenvalue weighted by Gasteiger charge is 2.26. The maximum atomic E-state index is 10.9. The summed E-state index contributed by atoms with van der Waals surface area (Å²) in [5.74, 6) is -0.865. The molecular weight excluding hydrogens is 176 g/mol. The predicted molar refractivity (Wildman–Crippen MR) is 44.9 cm³/mol. The summed E-state index contributed by atoms with van der Waals surface area (Å²) in [6.45, 7) is 3.21. The summed E-state index contributed by atoms with van der Waals surface area (Å²) in [5.41, 5.74) is 0. The van der Waals surface area contributed by atoms with E-state index in [1.165, 1.54) is 6.92 Å². The van der Waals surface area contributed by atoms with Crippen molar-refractivity contribution in [3.8, 4) is 0 Å². The maximum absolute atomic E-state index is 10.9. The van der Waals surface area contributed by atoms with Crippen LogP contribution in [0.4, 0.5) is 0 Å². The van der Waals surface area contributed by atoms with Gasteiger partial charge in [-0.1, -0.05) is 0 Å². The minimum Gasteiger partial charge on any atom is -0.464 e. The van der Waals surface area contributed by atoms with E-state index in [1.54, 1.807) is 6.92 Å². The van der Waals surface area contributed by atoms with Crippen molar-refractivity contribution in [3.05, 3.63) is 0 Å². The fourth-order valence-corrected chi connectivity index (χ4v) is 0.863. The quantitative estimate of drug-likeness (QED) is 0.488. The minimum absolute atomic E-state index is 0.0556. The standard InChI is InChI=1S/C8H16O5/c1-3-13-8(12)7(11)6(10)4-5(2)9/h5-7,9-11H,3-4H2,1-2H3/t5-,6-,7+/m0/s1. The Bertz CT molecular complexity index is 157. The van der Waals surface area contributed by atoms with Crippen LogP contribution in [0.3, 0.4) is 0 Å². The fourth-order valence-electron chi connectivity index (χ4n) is 0.863. The first-order valence-electron chi connectivity index (χ1n) is 4.19. The van der Waals surface area contributed by atoms with E-state index in [0.29, 0.717) is 0 Å². The van der Waals surface area contributed by atoms with Crippen LogP contribution in [0.25, 0.3) is 0 Å². The van der Waals surface area contributed by atoms with Crippen LogP contribution in [0.15, 0.2) is 0 Å². The summed E-state index contributed by atoms with van der Waals surface area (Å²) in [6.07, 6.45) is -3.67. The molecule has 0 unspecified atom stereocenters. The molecule has 0 aromatic heterocycles. The van der Waals surface area contributed by atoms with Crippen molar-refractivity contribution in [2.75, 3.05) is 6.61 Å². The fraction of sp³-hybridized carbons (Fsp3) is 0.875. The highest BCUT2D eigenvalue weighted by atomic mass is 16.5. The van der Waals surface area contributed by atoms with Gasteiger partial charge in [-0.15, -0.1) is 0 Å². The monoisotopic (exact) mass is 192 g/mol. The second-order valence-electron chi connectivity index (χ2n) is 2.85. The van der Waals surface area contributed by atoms with Gasteiger partial charge in [0.1, 0.15) is 0 Å². The Morgan fingerprint density at radius 3 is 2.31 bits per heavy atom. The molecule has 0 fully saturated rings. The lowest BCUT2D eigenvalue weighted by atomic mass is 10.1. The smallest absolute Gasteiger partial charge is 0.337 e. The maximum Gasteiger partial charge on any atom is 0.337 e. The molecule has 0 saturated heterocycles. The van der Waals surface area contributed by atoms with Crippen molar-refractivity contribution < 1.29 is 24.9 Å². The molecule has 0 aromatic rings. The van der Waals surface area contributed by atoms with E-state index in [0.717, 1.165) is 0 Å².